The molecule has 1 aliphatic rings. The van der Waals surface area contributed by atoms with Crippen molar-refractivity contribution in [2.75, 3.05) is 6.61 Å². The van der Waals surface area contributed by atoms with E-state index in [-0.39, 0.29) is 0 Å². The molecule has 0 bridgehead atoms. The fraction of sp³-hybridized carbons (Fsp3) is 1.00. The topological polar surface area (TPSA) is 102 Å². The molecular formula is C6H12ClNO5. The van der Waals surface area contributed by atoms with Gasteiger partial charge in [-0.25, -0.2) is 4.84 Å². The van der Waals surface area contributed by atoms with E-state index in [1.54, 1.807) is 0 Å². The number of rotatable bonds is 2. The Morgan fingerprint density at radius 1 is 1.23 bits per heavy atom. The fourth-order valence-corrected chi connectivity index (χ4v) is 1.45. The normalized spacial score (nSPS) is 46.4. The lowest BCUT2D eigenvalue weighted by Crippen LogP contribution is -2.61. The molecular weight excluding hydrogens is 202 g/mol. The van der Waals surface area contributed by atoms with Gasteiger partial charge >= 0.3 is 0 Å². The van der Waals surface area contributed by atoms with Crippen LogP contribution in [-0.2, 0) is 4.74 Å². The summed E-state index contributed by atoms with van der Waals surface area (Å²) in [6.07, 6.45) is -4.90. The van der Waals surface area contributed by atoms with Crippen molar-refractivity contribution >= 4 is 11.8 Å². The summed E-state index contributed by atoms with van der Waals surface area (Å²) in [7, 11) is 0. The van der Waals surface area contributed by atoms with Gasteiger partial charge in [0.05, 0.1) is 6.61 Å². The minimum Gasteiger partial charge on any atom is -0.394 e. The number of ether oxygens (including phenoxy) is 1. The molecule has 78 valence electrons. The van der Waals surface area contributed by atoms with Crippen LogP contribution in [0.25, 0.3) is 0 Å². The molecule has 1 aliphatic heterocycles. The molecule has 13 heavy (non-hydrogen) atoms. The molecule has 0 aromatic carbocycles. The van der Waals surface area contributed by atoms with Gasteiger partial charge in [0.25, 0.3) is 0 Å². The van der Waals surface area contributed by atoms with Crippen LogP contribution >= 0.6 is 11.8 Å². The Hall–Kier alpha value is 0.0500. The van der Waals surface area contributed by atoms with Crippen LogP contribution in [0.1, 0.15) is 0 Å². The van der Waals surface area contributed by atoms with E-state index in [1.165, 1.54) is 0 Å². The van der Waals surface area contributed by atoms with Crippen molar-refractivity contribution in [2.24, 2.45) is 0 Å². The third kappa shape index (κ3) is 2.10. The van der Waals surface area contributed by atoms with Gasteiger partial charge in [0.1, 0.15) is 24.4 Å². The summed E-state index contributed by atoms with van der Waals surface area (Å²) in [5.41, 5.74) is 0. The molecule has 0 aromatic heterocycles. The molecule has 1 heterocycles. The lowest BCUT2D eigenvalue weighted by atomic mass is 9.98. The maximum absolute atomic E-state index is 9.36. The first-order valence-electron chi connectivity index (χ1n) is 3.78. The van der Waals surface area contributed by atoms with Gasteiger partial charge in [-0.1, -0.05) is 0 Å². The summed E-state index contributed by atoms with van der Waals surface area (Å²) < 4.78 is 4.77. The standard InChI is InChI=1S/C6H12ClNO5/c7-8-3-5(11)4(10)2(1-9)13-6(3)12/h2-6,8-12H,1H2/t2?,3?,4-,5-,6-/m1/s1. The molecule has 1 rings (SSSR count). The maximum Gasteiger partial charge on any atom is 0.174 e. The minimum absolute atomic E-state index is 0.482. The van der Waals surface area contributed by atoms with Crippen LogP contribution in [-0.4, -0.2) is 57.7 Å². The van der Waals surface area contributed by atoms with Gasteiger partial charge in [-0.05, 0) is 11.8 Å². The molecule has 2 unspecified atom stereocenters. The van der Waals surface area contributed by atoms with E-state index in [9.17, 15) is 15.3 Å². The number of nitrogens with one attached hydrogen (secondary N) is 1. The molecule has 7 heteroatoms. The van der Waals surface area contributed by atoms with E-state index < -0.39 is 37.3 Å². The molecule has 0 saturated carbocycles. The number of hydrogen-bond acceptors (Lipinski definition) is 6. The first-order chi connectivity index (χ1) is 6.11. The van der Waals surface area contributed by atoms with Crippen molar-refractivity contribution in [3.05, 3.63) is 0 Å². The molecule has 0 spiro atoms. The van der Waals surface area contributed by atoms with Crippen molar-refractivity contribution in [1.82, 2.24) is 4.84 Å². The second-order valence-corrected chi connectivity index (χ2v) is 3.08. The molecule has 5 atom stereocenters. The molecule has 0 radical (unpaired) electrons. The van der Waals surface area contributed by atoms with Gasteiger partial charge in [0.2, 0.25) is 0 Å². The highest BCUT2D eigenvalue weighted by Gasteiger charge is 2.43. The first-order valence-corrected chi connectivity index (χ1v) is 4.16. The molecule has 5 N–H and O–H groups in total. The molecule has 1 fully saturated rings. The summed E-state index contributed by atoms with van der Waals surface area (Å²) in [5, 5.41) is 36.6. The van der Waals surface area contributed by atoms with Crippen LogP contribution in [0.3, 0.4) is 0 Å². The van der Waals surface area contributed by atoms with E-state index in [0.717, 1.165) is 0 Å². The van der Waals surface area contributed by atoms with Crippen molar-refractivity contribution in [3.63, 3.8) is 0 Å². The SMILES string of the molecule is OCC1O[C@@H](O)C(NCl)[C@@H](O)[C@@H]1O. The average molecular weight is 214 g/mol. The second-order valence-electron chi connectivity index (χ2n) is 2.86. The number of aliphatic hydroxyl groups excluding tert-OH is 4. The quantitative estimate of drug-likeness (QED) is 0.326. The number of aliphatic hydroxyl groups is 4. The summed E-state index contributed by atoms with van der Waals surface area (Å²) >= 11 is 5.20. The van der Waals surface area contributed by atoms with Crippen LogP contribution in [0.15, 0.2) is 0 Å². The lowest BCUT2D eigenvalue weighted by Gasteiger charge is -2.39. The Kier molecular flexibility index (Phi) is 3.87. The molecule has 0 aliphatic carbocycles. The van der Waals surface area contributed by atoms with Gasteiger partial charge in [-0.2, -0.15) is 0 Å². The number of halogens is 1. The predicted octanol–water partition coefficient (Wildman–Crippen LogP) is -2.47. The molecule has 6 nitrogen and oxygen atoms in total. The second kappa shape index (κ2) is 4.52. The van der Waals surface area contributed by atoms with Gasteiger partial charge in [0.15, 0.2) is 6.29 Å². The summed E-state index contributed by atoms with van der Waals surface area (Å²) in [6.45, 7) is -0.482. The fourth-order valence-electron chi connectivity index (χ4n) is 1.21. The first kappa shape index (κ1) is 11.1. The minimum atomic E-state index is -1.35. The molecule has 1 saturated heterocycles. The highest BCUT2D eigenvalue weighted by Crippen LogP contribution is 2.19. The van der Waals surface area contributed by atoms with Crippen LogP contribution < -0.4 is 4.84 Å². The van der Waals surface area contributed by atoms with E-state index in [0.29, 0.717) is 0 Å². The van der Waals surface area contributed by atoms with E-state index in [1.807, 2.05) is 0 Å². The van der Waals surface area contributed by atoms with Gasteiger partial charge in [0, 0.05) is 0 Å². The lowest BCUT2D eigenvalue weighted by molar-refractivity contribution is -0.251. The third-order valence-corrected chi connectivity index (χ3v) is 2.28. The maximum atomic E-state index is 9.36. The van der Waals surface area contributed by atoms with Crippen LogP contribution in [0.2, 0.25) is 0 Å². The number of hydrogen-bond donors (Lipinski definition) is 5. The Bertz CT molecular complexity index is 171. The van der Waals surface area contributed by atoms with Crippen molar-refractivity contribution in [3.8, 4) is 0 Å². The summed E-state index contributed by atoms with van der Waals surface area (Å²) in [6, 6.07) is -0.973. The molecule has 0 amide bonds. The highest BCUT2D eigenvalue weighted by atomic mass is 35.5. The Balaban J connectivity index is 2.66. The van der Waals surface area contributed by atoms with Crippen molar-refractivity contribution < 1.29 is 25.2 Å². The van der Waals surface area contributed by atoms with Crippen LogP contribution in [0.5, 0.6) is 0 Å². The molecule has 0 aromatic rings. The van der Waals surface area contributed by atoms with E-state index in [2.05, 4.69) is 4.84 Å². The zero-order chi connectivity index (χ0) is 10.0. The highest BCUT2D eigenvalue weighted by molar-refractivity contribution is 6.13. The third-order valence-electron chi connectivity index (χ3n) is 2.03. The zero-order valence-electron chi connectivity index (χ0n) is 6.67. The van der Waals surface area contributed by atoms with Crippen molar-refractivity contribution in [1.29, 1.82) is 0 Å². The summed E-state index contributed by atoms with van der Waals surface area (Å²) in [5.74, 6) is 0. The van der Waals surface area contributed by atoms with Gasteiger partial charge in [-0.15, -0.1) is 0 Å². The average Bonchev–Trinajstić information content (AvgIpc) is 2.12. The predicted molar refractivity (Wildman–Crippen MR) is 42.8 cm³/mol. The van der Waals surface area contributed by atoms with E-state index >= 15 is 0 Å². The van der Waals surface area contributed by atoms with Crippen LogP contribution in [0.4, 0.5) is 0 Å². The van der Waals surface area contributed by atoms with Crippen molar-refractivity contribution in [2.45, 2.75) is 30.6 Å². The Labute approximate surface area is 79.8 Å². The van der Waals surface area contributed by atoms with E-state index in [4.69, 9.17) is 21.6 Å². The van der Waals surface area contributed by atoms with Gasteiger partial charge in [-0.3, -0.25) is 0 Å². The summed E-state index contributed by atoms with van der Waals surface area (Å²) in [4.78, 5) is 2.08. The van der Waals surface area contributed by atoms with Crippen LogP contribution in [0, 0.1) is 0 Å². The monoisotopic (exact) mass is 213 g/mol. The smallest absolute Gasteiger partial charge is 0.174 e. The zero-order valence-corrected chi connectivity index (χ0v) is 7.42. The largest absolute Gasteiger partial charge is 0.394 e. The Morgan fingerprint density at radius 2 is 1.85 bits per heavy atom. The van der Waals surface area contributed by atoms with Gasteiger partial charge < -0.3 is 25.2 Å². The Morgan fingerprint density at radius 3 is 2.31 bits per heavy atom.